The van der Waals surface area contributed by atoms with Crippen molar-refractivity contribution in [3.05, 3.63) is 64.1 Å². The predicted molar refractivity (Wildman–Crippen MR) is 97.9 cm³/mol. The lowest BCUT2D eigenvalue weighted by molar-refractivity contribution is 0.0526. The highest BCUT2D eigenvalue weighted by molar-refractivity contribution is 5.89. The minimum Gasteiger partial charge on any atom is -0.462 e. The second-order valence-corrected chi connectivity index (χ2v) is 5.88. The number of aryl methyl sites for hydroxylation is 2. The van der Waals surface area contributed by atoms with Gasteiger partial charge in [-0.2, -0.15) is 0 Å². The summed E-state index contributed by atoms with van der Waals surface area (Å²) in [6, 6.07) is 13.1. The number of anilines is 1. The molecule has 0 bridgehead atoms. The van der Waals surface area contributed by atoms with Crippen molar-refractivity contribution in [1.82, 2.24) is 9.13 Å². The summed E-state index contributed by atoms with van der Waals surface area (Å²) in [4.78, 5) is 23.6. The van der Waals surface area contributed by atoms with E-state index in [9.17, 15) is 9.59 Å². The molecule has 1 N–H and O–H groups in total. The van der Waals surface area contributed by atoms with Crippen LogP contribution in [0.15, 0.2) is 47.3 Å². The fraction of sp³-hybridized carbons (Fsp3) is 0.263. The average molecular weight is 339 g/mol. The summed E-state index contributed by atoms with van der Waals surface area (Å²) in [5.41, 5.74) is 4.31. The number of carbonyl (C=O) groups is 1. The molecule has 0 radical (unpaired) electrons. The zero-order chi connectivity index (χ0) is 18.0. The second kappa shape index (κ2) is 6.84. The molecule has 1 heterocycles. The lowest BCUT2D eigenvalue weighted by Gasteiger charge is -2.08. The maximum Gasteiger partial charge on any atom is 0.338 e. The van der Waals surface area contributed by atoms with Gasteiger partial charge >= 0.3 is 11.7 Å². The molecule has 3 aromatic rings. The molecule has 25 heavy (non-hydrogen) atoms. The van der Waals surface area contributed by atoms with Crippen molar-refractivity contribution in [1.29, 1.82) is 0 Å². The van der Waals surface area contributed by atoms with E-state index >= 15 is 0 Å². The third kappa shape index (κ3) is 3.28. The molecule has 0 saturated heterocycles. The minimum atomic E-state index is -0.315. The zero-order valence-electron chi connectivity index (χ0n) is 14.6. The Balaban J connectivity index is 1.73. The molecule has 0 aliphatic rings. The number of nitrogens with one attached hydrogen (secondary N) is 1. The third-order valence-corrected chi connectivity index (χ3v) is 4.23. The Hall–Kier alpha value is -3.02. The number of aromatic nitrogens is 2. The molecule has 130 valence electrons. The van der Waals surface area contributed by atoms with Gasteiger partial charge in [-0.1, -0.05) is 6.07 Å². The highest BCUT2D eigenvalue weighted by Gasteiger charge is 2.08. The van der Waals surface area contributed by atoms with E-state index in [4.69, 9.17) is 4.74 Å². The van der Waals surface area contributed by atoms with Crippen molar-refractivity contribution >= 4 is 22.7 Å². The van der Waals surface area contributed by atoms with Gasteiger partial charge in [-0.3, -0.25) is 9.13 Å². The Bertz CT molecular complexity index is 968. The van der Waals surface area contributed by atoms with Gasteiger partial charge in [-0.25, -0.2) is 9.59 Å². The van der Waals surface area contributed by atoms with Crippen LogP contribution in [0.3, 0.4) is 0 Å². The number of rotatable bonds is 5. The van der Waals surface area contributed by atoms with E-state index in [0.717, 1.165) is 22.3 Å². The van der Waals surface area contributed by atoms with E-state index in [1.54, 1.807) is 42.3 Å². The Morgan fingerprint density at radius 3 is 2.40 bits per heavy atom. The van der Waals surface area contributed by atoms with Crippen LogP contribution in [0, 0.1) is 0 Å². The number of fused-ring (bicyclic) bond motifs is 1. The topological polar surface area (TPSA) is 65.3 Å². The molecular weight excluding hydrogens is 318 g/mol. The van der Waals surface area contributed by atoms with Crippen molar-refractivity contribution in [2.45, 2.75) is 13.5 Å². The Morgan fingerprint density at radius 2 is 1.72 bits per heavy atom. The standard InChI is InChI=1S/C19H21N3O3/c1-4-25-18(23)14-6-8-15(9-7-14)20-12-13-5-10-16-17(11-13)22(3)19(24)21(16)2/h5-11,20H,4,12H2,1-3H3. The van der Waals surface area contributed by atoms with E-state index in [-0.39, 0.29) is 11.7 Å². The highest BCUT2D eigenvalue weighted by atomic mass is 16.5. The van der Waals surface area contributed by atoms with Crippen molar-refractivity contribution in [3.63, 3.8) is 0 Å². The van der Waals surface area contributed by atoms with E-state index in [1.165, 1.54) is 0 Å². The van der Waals surface area contributed by atoms with Crippen LogP contribution in [0.5, 0.6) is 0 Å². The molecule has 6 heteroatoms. The minimum absolute atomic E-state index is 0.0327. The number of ether oxygens (including phenoxy) is 1. The maximum atomic E-state index is 12.0. The van der Waals surface area contributed by atoms with E-state index in [2.05, 4.69) is 5.32 Å². The summed E-state index contributed by atoms with van der Waals surface area (Å²) in [5.74, 6) is -0.315. The molecule has 1 aromatic heterocycles. The molecule has 0 unspecified atom stereocenters. The number of nitrogens with zero attached hydrogens (tertiary/aromatic N) is 2. The SMILES string of the molecule is CCOC(=O)c1ccc(NCc2ccc3c(c2)n(C)c(=O)n3C)cc1. The Morgan fingerprint density at radius 1 is 1.04 bits per heavy atom. The van der Waals surface area contributed by atoms with Crippen molar-refractivity contribution in [2.24, 2.45) is 14.1 Å². The summed E-state index contributed by atoms with van der Waals surface area (Å²) >= 11 is 0. The first-order valence-corrected chi connectivity index (χ1v) is 8.16. The molecule has 0 amide bonds. The van der Waals surface area contributed by atoms with Crippen molar-refractivity contribution in [3.8, 4) is 0 Å². The second-order valence-electron chi connectivity index (χ2n) is 5.88. The van der Waals surface area contributed by atoms with Gasteiger partial charge in [0.25, 0.3) is 0 Å². The van der Waals surface area contributed by atoms with Crippen molar-refractivity contribution < 1.29 is 9.53 Å². The highest BCUT2D eigenvalue weighted by Crippen LogP contribution is 2.16. The van der Waals surface area contributed by atoms with Crippen LogP contribution in [0.4, 0.5) is 5.69 Å². The average Bonchev–Trinajstić information content (AvgIpc) is 2.85. The van der Waals surface area contributed by atoms with Gasteiger partial charge in [0.05, 0.1) is 23.2 Å². The van der Waals surface area contributed by atoms with E-state index in [0.29, 0.717) is 18.7 Å². The Kier molecular flexibility index (Phi) is 4.61. The fourth-order valence-corrected chi connectivity index (χ4v) is 2.81. The third-order valence-electron chi connectivity index (χ3n) is 4.23. The van der Waals surface area contributed by atoms with Crippen LogP contribution in [-0.4, -0.2) is 21.7 Å². The molecule has 0 saturated carbocycles. The molecular formula is C19H21N3O3. The number of hydrogen-bond acceptors (Lipinski definition) is 4. The number of benzene rings is 2. The number of carbonyl (C=O) groups excluding carboxylic acids is 1. The normalized spacial score (nSPS) is 10.8. The van der Waals surface area contributed by atoms with Crippen molar-refractivity contribution in [2.75, 3.05) is 11.9 Å². The summed E-state index contributed by atoms with van der Waals surface area (Å²) in [6.45, 7) is 2.77. The number of esters is 1. The molecule has 0 aliphatic carbocycles. The summed E-state index contributed by atoms with van der Waals surface area (Å²) in [7, 11) is 3.55. The monoisotopic (exact) mass is 339 g/mol. The smallest absolute Gasteiger partial charge is 0.338 e. The van der Waals surface area contributed by atoms with Crippen LogP contribution in [0.2, 0.25) is 0 Å². The van der Waals surface area contributed by atoms with Gasteiger partial charge in [-0.05, 0) is 48.9 Å². The first-order valence-electron chi connectivity index (χ1n) is 8.16. The van der Waals surface area contributed by atoms with Gasteiger partial charge < -0.3 is 10.1 Å². The lowest BCUT2D eigenvalue weighted by Crippen LogP contribution is -2.19. The molecule has 3 rings (SSSR count). The van der Waals surface area contributed by atoms with E-state index in [1.807, 2.05) is 30.3 Å². The number of imidazole rings is 1. The Labute approximate surface area is 145 Å². The predicted octanol–water partition coefficient (Wildman–Crippen LogP) is 2.67. The maximum absolute atomic E-state index is 12.0. The van der Waals surface area contributed by atoms with Gasteiger partial charge in [0.15, 0.2) is 0 Å². The summed E-state index contributed by atoms with van der Waals surface area (Å²) in [6.07, 6.45) is 0. The zero-order valence-corrected chi connectivity index (χ0v) is 14.6. The van der Waals surface area contributed by atoms with Gasteiger partial charge in [0.2, 0.25) is 0 Å². The molecule has 6 nitrogen and oxygen atoms in total. The summed E-state index contributed by atoms with van der Waals surface area (Å²) in [5, 5.41) is 3.32. The van der Waals surface area contributed by atoms with Crippen LogP contribution < -0.4 is 11.0 Å². The molecule has 0 aliphatic heterocycles. The quantitative estimate of drug-likeness (QED) is 0.726. The van der Waals surface area contributed by atoms with Gasteiger partial charge in [-0.15, -0.1) is 0 Å². The van der Waals surface area contributed by atoms with Gasteiger partial charge in [0.1, 0.15) is 0 Å². The summed E-state index contributed by atoms with van der Waals surface area (Å²) < 4.78 is 8.26. The molecule has 0 spiro atoms. The first-order chi connectivity index (χ1) is 12.0. The van der Waals surface area contributed by atoms with Crippen LogP contribution in [0.25, 0.3) is 11.0 Å². The van der Waals surface area contributed by atoms with Crippen LogP contribution >= 0.6 is 0 Å². The fourth-order valence-electron chi connectivity index (χ4n) is 2.81. The molecule has 2 aromatic carbocycles. The lowest BCUT2D eigenvalue weighted by atomic mass is 10.1. The van der Waals surface area contributed by atoms with Crippen LogP contribution in [0.1, 0.15) is 22.8 Å². The molecule has 0 fully saturated rings. The van der Waals surface area contributed by atoms with Gasteiger partial charge in [0, 0.05) is 26.3 Å². The molecule has 0 atom stereocenters. The first kappa shape index (κ1) is 16.8. The largest absolute Gasteiger partial charge is 0.462 e. The van der Waals surface area contributed by atoms with Crippen LogP contribution in [-0.2, 0) is 25.4 Å². The van der Waals surface area contributed by atoms with E-state index < -0.39 is 0 Å². The number of hydrogen-bond donors (Lipinski definition) is 1.